The molecule has 38 heteroatoms. The van der Waals surface area contributed by atoms with Crippen molar-refractivity contribution >= 4 is 103 Å². The van der Waals surface area contributed by atoms with Gasteiger partial charge in [0.15, 0.2) is 16.5 Å². The van der Waals surface area contributed by atoms with Crippen molar-refractivity contribution in [3.8, 4) is 34.8 Å². The van der Waals surface area contributed by atoms with Crippen LogP contribution in [0.5, 0.6) is 28.7 Å². The van der Waals surface area contributed by atoms with Crippen LogP contribution in [-0.2, 0) is 11.8 Å². The van der Waals surface area contributed by atoms with Crippen LogP contribution in [0.15, 0.2) is 281 Å². The standard InChI is InChI=1S/C19H17F2N5O.C18H13N5O3.2C18H17N5O.C16H11F3N4O2S.CH4/c1-19(20,21)17-8-4-7-16(25-17)18(27)24-13-5-3-6-14(9-13)26(2)15-10-22-12-23-11-15;1-25-14-2-3-22-17(7-14)18(24)23-13-4-12(8-19)5-15(6-13)26-16-9-20-11-21-10-16;2*1-13-5-3-8-17(21-13)18(24)22-14-6-4-7-15(9-14)23(2)16-10-19-12-20-11-16;1-16(18,19)15-23-13(7-26-15)14(24)22-10-2-9(17)3-11(4-10)25-12-5-20-8-21-6-12;/h3-12H,1-2H3,(H,24,27);2-7,9-11H,1H3,(H,23,24);2*3-12H,1-2H3,(H,22,24);2-8H,1H3,(H,22,24);1H4. The van der Waals surface area contributed by atoms with E-state index in [1.807, 2.05) is 135 Å². The number of carbonyl (C=O) groups is 5. The van der Waals surface area contributed by atoms with Gasteiger partial charge in [0.1, 0.15) is 88.9 Å². The Kier molecular flexibility index (Phi) is 32.6. The summed E-state index contributed by atoms with van der Waals surface area (Å²) in [5.74, 6) is -7.44. The number of hydrogen-bond acceptors (Lipinski definition) is 28. The van der Waals surface area contributed by atoms with Crippen LogP contribution in [0.2, 0.25) is 0 Å². The Bertz CT molecular complexity index is 6170. The molecule has 0 bridgehead atoms. The second-order valence-electron chi connectivity index (χ2n) is 26.9. The lowest BCUT2D eigenvalue weighted by atomic mass is 10.2. The Morgan fingerprint density at radius 2 is 0.766 bits per heavy atom. The third-order valence-corrected chi connectivity index (χ3v) is 18.2. The van der Waals surface area contributed by atoms with Gasteiger partial charge in [0.25, 0.3) is 41.4 Å². The lowest BCUT2D eigenvalue weighted by Gasteiger charge is -2.19. The Labute approximate surface area is 734 Å². The summed E-state index contributed by atoms with van der Waals surface area (Å²) in [6.45, 7) is 5.14. The van der Waals surface area contributed by atoms with Crippen LogP contribution in [0, 0.1) is 31.0 Å². The summed E-state index contributed by atoms with van der Waals surface area (Å²) in [5, 5.41) is 23.4. The zero-order valence-corrected chi connectivity index (χ0v) is 69.4. The fourth-order valence-corrected chi connectivity index (χ4v) is 11.8. The molecule has 5 amide bonds. The molecule has 0 saturated carbocycles. The summed E-state index contributed by atoms with van der Waals surface area (Å²) in [6.07, 6.45) is 24.6. The Hall–Kier alpha value is -17.0. The van der Waals surface area contributed by atoms with Crippen LogP contribution < -0.4 is 55.5 Å². The fourth-order valence-electron chi connectivity index (χ4n) is 11.0. The Morgan fingerprint density at radius 3 is 1.16 bits per heavy atom. The van der Waals surface area contributed by atoms with Gasteiger partial charge < -0.3 is 55.5 Å². The molecule has 0 spiro atoms. The fraction of sp³-hybridized carbons (Fsp3) is 0.122. The second kappa shape index (κ2) is 44.7. The lowest BCUT2D eigenvalue weighted by molar-refractivity contribution is 0.0125. The van der Waals surface area contributed by atoms with Crippen molar-refractivity contribution in [3.05, 3.63) is 343 Å². The number of nitrogens with one attached hydrogen (secondary N) is 5. The first-order chi connectivity index (χ1) is 61.1. The van der Waals surface area contributed by atoms with Gasteiger partial charge in [-0.05, 0) is 129 Å². The van der Waals surface area contributed by atoms with Crippen LogP contribution in [0.3, 0.4) is 0 Å². The van der Waals surface area contributed by atoms with Gasteiger partial charge in [0.2, 0.25) is 0 Å². The Morgan fingerprint density at radius 1 is 0.391 bits per heavy atom. The topological polar surface area (TPSA) is 400 Å². The molecule has 128 heavy (non-hydrogen) atoms. The van der Waals surface area contributed by atoms with E-state index in [-0.39, 0.29) is 53.5 Å². The number of amides is 5. The zero-order valence-electron chi connectivity index (χ0n) is 68.6. The van der Waals surface area contributed by atoms with E-state index in [9.17, 15) is 51.2 Å². The van der Waals surface area contributed by atoms with Gasteiger partial charge in [-0.15, -0.1) is 11.3 Å². The smallest absolute Gasteiger partial charge is 0.296 e. The highest BCUT2D eigenvalue weighted by atomic mass is 32.1. The van der Waals surface area contributed by atoms with E-state index < -0.39 is 46.1 Å². The van der Waals surface area contributed by atoms with Gasteiger partial charge in [0.05, 0.1) is 97.8 Å². The monoisotopic (exact) mass is 1750 g/mol. The second-order valence-corrected chi connectivity index (χ2v) is 27.8. The van der Waals surface area contributed by atoms with E-state index >= 15 is 0 Å². The van der Waals surface area contributed by atoms with Crippen molar-refractivity contribution in [1.29, 1.82) is 5.26 Å². The highest BCUT2D eigenvalue weighted by Crippen LogP contribution is 2.34. The van der Waals surface area contributed by atoms with Gasteiger partial charge in [-0.3, -0.25) is 29.0 Å². The van der Waals surface area contributed by atoms with Crippen molar-refractivity contribution in [2.45, 2.75) is 47.0 Å². The molecule has 15 rings (SSSR count). The number of pyridine rings is 4. The summed E-state index contributed by atoms with van der Waals surface area (Å²) in [7, 11) is 7.18. The van der Waals surface area contributed by atoms with Gasteiger partial charge in [-0.25, -0.2) is 74.2 Å². The van der Waals surface area contributed by atoms with Crippen LogP contribution >= 0.6 is 11.3 Å². The van der Waals surface area contributed by atoms with Crippen molar-refractivity contribution in [2.24, 2.45) is 0 Å². The number of rotatable bonds is 23. The number of alkyl halides is 4. The summed E-state index contributed by atoms with van der Waals surface area (Å²) >= 11 is 0.669. The van der Waals surface area contributed by atoms with Crippen LogP contribution in [0.25, 0.3) is 0 Å². The van der Waals surface area contributed by atoms with Crippen molar-refractivity contribution < 1.29 is 60.1 Å². The summed E-state index contributed by atoms with van der Waals surface area (Å²) in [5.41, 5.74) is 9.71. The molecular weight excluding hydrogens is 1670 g/mol. The molecule has 0 radical (unpaired) electrons. The minimum atomic E-state index is -3.14. The summed E-state index contributed by atoms with van der Waals surface area (Å²) in [6, 6.07) is 50.3. The minimum absolute atomic E-state index is 0. The maximum atomic E-state index is 13.8. The lowest BCUT2D eigenvalue weighted by Crippen LogP contribution is -2.18. The first kappa shape index (κ1) is 93.3. The first-order valence-electron chi connectivity index (χ1n) is 37.7. The predicted molar refractivity (Wildman–Crippen MR) is 472 cm³/mol. The quantitative estimate of drug-likeness (QED) is 0.0371. The van der Waals surface area contributed by atoms with E-state index in [0.29, 0.717) is 75.2 Å². The average Bonchev–Trinajstić information content (AvgIpc) is 1.31. The highest BCUT2D eigenvalue weighted by Gasteiger charge is 2.30. The first-order valence-corrected chi connectivity index (χ1v) is 38.6. The summed E-state index contributed by atoms with van der Waals surface area (Å²) < 4.78 is 83.1. The number of carbonyl (C=O) groups excluding carboxylic acids is 5. The molecule has 0 aliphatic heterocycles. The van der Waals surface area contributed by atoms with E-state index in [4.69, 9.17) is 14.2 Å². The molecule has 0 aliphatic rings. The van der Waals surface area contributed by atoms with Gasteiger partial charge >= 0.3 is 0 Å². The number of methoxy groups -OCH3 is 1. The third kappa shape index (κ3) is 27.8. The Balaban J connectivity index is 0.000000166. The van der Waals surface area contributed by atoms with Gasteiger partial charge in [0, 0.05) is 128 Å². The number of nitriles is 1. The maximum Gasteiger partial charge on any atom is 0.296 e. The molecular formula is C90H79F5N24O8S. The molecule has 32 nitrogen and oxygen atoms in total. The van der Waals surface area contributed by atoms with Crippen molar-refractivity contribution in [2.75, 3.05) is 69.5 Å². The number of halogens is 5. The molecule has 5 aromatic carbocycles. The summed E-state index contributed by atoms with van der Waals surface area (Å²) in [4.78, 5) is 126. The number of ether oxygens (including phenoxy) is 3. The molecule has 0 aliphatic carbocycles. The number of benzene rings is 5. The van der Waals surface area contributed by atoms with Crippen LogP contribution in [-0.4, -0.2) is 133 Å². The molecule has 0 saturated heterocycles. The molecule has 5 N–H and O–H groups in total. The predicted octanol–water partition coefficient (Wildman–Crippen LogP) is 18.1. The zero-order chi connectivity index (χ0) is 90.4. The maximum absolute atomic E-state index is 13.8. The number of hydrogen-bond donors (Lipinski definition) is 5. The minimum Gasteiger partial charge on any atom is -0.497 e. The molecule has 0 atom stereocenters. The van der Waals surface area contributed by atoms with E-state index in [2.05, 4.69) is 101 Å². The molecule has 10 aromatic heterocycles. The van der Waals surface area contributed by atoms with Crippen LogP contribution in [0.4, 0.5) is 84.5 Å². The van der Waals surface area contributed by atoms with E-state index in [1.54, 1.807) is 85.7 Å². The normalized spacial score (nSPS) is 10.5. The number of thiazole rings is 1. The molecule has 648 valence electrons. The number of aromatic nitrogens is 15. The SMILES string of the molecule is C.CC(F)(F)c1nc(C(=O)Nc2cc(F)cc(Oc3cncnc3)c2)cs1.CN(c1cncnc1)c1cccc(NC(=O)c2cccc(C(C)(F)F)n2)c1.COc1ccnc(C(=O)Nc2cc(C#N)cc(Oc3cncnc3)c2)c1.Cc1cccc(C(=O)Nc2cccc(N(C)c3cncnc3)c2)n1.Cc1cccc(C(=O)Nc2cccc(N(C)c3cncnc3)c2)n1. The van der Waals surface area contributed by atoms with Crippen molar-refractivity contribution in [3.63, 3.8) is 0 Å². The van der Waals surface area contributed by atoms with Gasteiger partial charge in [-0.2, -0.15) is 22.8 Å². The van der Waals surface area contributed by atoms with E-state index in [1.165, 1.54) is 112 Å². The van der Waals surface area contributed by atoms with Gasteiger partial charge in [-0.1, -0.05) is 43.8 Å². The van der Waals surface area contributed by atoms with Crippen LogP contribution in [0.1, 0.15) is 101 Å². The third-order valence-electron chi connectivity index (χ3n) is 17.2. The molecule has 0 fully saturated rings. The average molecular weight is 1750 g/mol. The van der Waals surface area contributed by atoms with E-state index in [0.717, 1.165) is 64.6 Å². The molecule has 10 heterocycles. The number of anilines is 11. The van der Waals surface area contributed by atoms with Crippen molar-refractivity contribution in [1.82, 2.24) is 74.8 Å². The largest absolute Gasteiger partial charge is 0.497 e. The highest BCUT2D eigenvalue weighted by molar-refractivity contribution is 7.10. The molecule has 0 unspecified atom stereocenters. The molecule has 15 aromatic rings. The number of nitrogens with zero attached hydrogens (tertiary/aromatic N) is 19. The number of aryl methyl sites for hydroxylation is 2.